The molecule has 0 atom stereocenters. The number of aliphatic carboxylic acids is 1. The lowest BCUT2D eigenvalue weighted by Gasteiger charge is -2.31. The molecule has 8 heteroatoms. The molecule has 2 rings (SSSR count). The van der Waals surface area contributed by atoms with E-state index in [1.165, 1.54) is 35.9 Å². The Morgan fingerprint density at radius 3 is 2.85 bits per heavy atom. The first-order chi connectivity index (χ1) is 9.54. The zero-order chi connectivity index (χ0) is 14.5. The van der Waals surface area contributed by atoms with Crippen molar-refractivity contribution in [3.05, 3.63) is 0 Å². The van der Waals surface area contributed by atoms with E-state index in [-0.39, 0.29) is 5.75 Å². The average Bonchev–Trinajstić information content (AvgIpc) is 2.88. The summed E-state index contributed by atoms with van der Waals surface area (Å²) in [7, 11) is 4.20. The summed E-state index contributed by atoms with van der Waals surface area (Å²) in [5, 5.41) is 17.7. The van der Waals surface area contributed by atoms with Gasteiger partial charge in [-0.1, -0.05) is 23.1 Å². The van der Waals surface area contributed by atoms with Crippen molar-refractivity contribution < 1.29 is 9.90 Å². The Hall–Kier alpha value is -0.860. The minimum Gasteiger partial charge on any atom is -0.481 e. The van der Waals surface area contributed by atoms with Crippen molar-refractivity contribution in [2.75, 3.05) is 44.4 Å². The van der Waals surface area contributed by atoms with Gasteiger partial charge in [0.2, 0.25) is 5.13 Å². The van der Waals surface area contributed by atoms with Crippen molar-refractivity contribution in [1.29, 1.82) is 0 Å². The quantitative estimate of drug-likeness (QED) is 0.797. The summed E-state index contributed by atoms with van der Waals surface area (Å²) in [5.41, 5.74) is 0. The third-order valence-electron chi connectivity index (χ3n) is 3.41. The van der Waals surface area contributed by atoms with Crippen molar-refractivity contribution in [2.45, 2.75) is 17.2 Å². The van der Waals surface area contributed by atoms with Gasteiger partial charge < -0.3 is 14.9 Å². The molecule has 1 aliphatic rings. The molecule has 0 bridgehead atoms. The Morgan fingerprint density at radius 2 is 2.20 bits per heavy atom. The van der Waals surface area contributed by atoms with Gasteiger partial charge in [0, 0.05) is 13.6 Å². The van der Waals surface area contributed by atoms with E-state index in [0.717, 1.165) is 29.1 Å². The predicted molar refractivity (Wildman–Crippen MR) is 81.8 cm³/mol. The highest BCUT2D eigenvalue weighted by Crippen LogP contribution is 2.28. The van der Waals surface area contributed by atoms with Crippen LogP contribution in [0.1, 0.15) is 12.8 Å². The van der Waals surface area contributed by atoms with Gasteiger partial charge in [-0.05, 0) is 38.9 Å². The van der Waals surface area contributed by atoms with Crippen molar-refractivity contribution >= 4 is 34.2 Å². The Balaban J connectivity index is 1.83. The molecule has 0 saturated carbocycles. The third-order valence-corrected chi connectivity index (χ3v) is 5.57. The summed E-state index contributed by atoms with van der Waals surface area (Å²) in [6, 6.07) is 0. The monoisotopic (exact) mass is 316 g/mol. The molecule has 6 nitrogen and oxygen atoms in total. The Morgan fingerprint density at radius 1 is 1.50 bits per heavy atom. The number of likely N-dealkylation sites (tertiary alicyclic amines) is 1. The van der Waals surface area contributed by atoms with Crippen LogP contribution in [0.3, 0.4) is 0 Å². The van der Waals surface area contributed by atoms with Crippen LogP contribution in [0.15, 0.2) is 4.34 Å². The molecule has 1 N–H and O–H groups in total. The Kier molecular flexibility index (Phi) is 5.62. The number of nitrogens with zero attached hydrogens (tertiary/aromatic N) is 4. The van der Waals surface area contributed by atoms with Crippen molar-refractivity contribution in [1.82, 2.24) is 15.1 Å². The largest absolute Gasteiger partial charge is 0.481 e. The van der Waals surface area contributed by atoms with Gasteiger partial charge >= 0.3 is 5.97 Å². The number of piperidine rings is 1. The van der Waals surface area contributed by atoms with Crippen LogP contribution in [-0.2, 0) is 4.79 Å². The van der Waals surface area contributed by atoms with E-state index in [1.54, 1.807) is 0 Å². The zero-order valence-corrected chi connectivity index (χ0v) is 13.4. The standard InChI is InChI=1S/C12H20N4O2S2/c1-15-5-3-9(4-6-15)7-16(2)11-13-14-12(20-11)19-8-10(17)18/h9H,3-8H2,1-2H3,(H,17,18). The molecule has 1 fully saturated rings. The molecule has 20 heavy (non-hydrogen) atoms. The molecule has 112 valence electrons. The highest BCUT2D eigenvalue weighted by Gasteiger charge is 2.20. The molecule has 0 radical (unpaired) electrons. The first kappa shape index (κ1) is 15.5. The number of thioether (sulfide) groups is 1. The van der Waals surface area contributed by atoms with Crippen LogP contribution < -0.4 is 4.90 Å². The lowest BCUT2D eigenvalue weighted by atomic mass is 9.97. The fourth-order valence-corrected chi connectivity index (χ4v) is 3.78. The maximum atomic E-state index is 10.5. The number of carbonyl (C=O) groups is 1. The first-order valence-electron chi connectivity index (χ1n) is 6.62. The molecular formula is C12H20N4O2S2. The SMILES string of the molecule is CN1CCC(CN(C)c2nnc(SCC(=O)O)s2)CC1. The van der Waals surface area contributed by atoms with Gasteiger partial charge in [0.1, 0.15) is 0 Å². The van der Waals surface area contributed by atoms with E-state index in [4.69, 9.17) is 5.11 Å². The van der Waals surface area contributed by atoms with Crippen molar-refractivity contribution in [3.8, 4) is 0 Å². The number of aromatic nitrogens is 2. The van der Waals surface area contributed by atoms with Gasteiger partial charge in [0.25, 0.3) is 0 Å². The fraction of sp³-hybridized carbons (Fsp3) is 0.750. The van der Waals surface area contributed by atoms with Crippen LogP contribution in [-0.4, -0.2) is 65.7 Å². The average molecular weight is 316 g/mol. The van der Waals surface area contributed by atoms with Gasteiger partial charge in [-0.15, -0.1) is 10.2 Å². The summed E-state index contributed by atoms with van der Waals surface area (Å²) in [4.78, 5) is 15.0. The number of anilines is 1. The normalized spacial score (nSPS) is 17.3. The van der Waals surface area contributed by atoms with Gasteiger partial charge in [0.15, 0.2) is 4.34 Å². The Bertz CT molecular complexity index is 446. The minimum absolute atomic E-state index is 0.0350. The number of rotatable bonds is 6. The van der Waals surface area contributed by atoms with E-state index >= 15 is 0 Å². The van der Waals surface area contributed by atoms with E-state index in [1.807, 2.05) is 7.05 Å². The van der Waals surface area contributed by atoms with E-state index < -0.39 is 5.97 Å². The lowest BCUT2D eigenvalue weighted by Crippen LogP contribution is -2.35. The number of hydrogen-bond donors (Lipinski definition) is 1. The fourth-order valence-electron chi connectivity index (χ4n) is 2.25. The first-order valence-corrected chi connectivity index (χ1v) is 8.42. The molecule has 1 aliphatic heterocycles. The van der Waals surface area contributed by atoms with E-state index in [9.17, 15) is 4.79 Å². The summed E-state index contributed by atoms with van der Waals surface area (Å²) >= 11 is 2.69. The highest BCUT2D eigenvalue weighted by atomic mass is 32.2. The van der Waals surface area contributed by atoms with E-state index in [2.05, 4.69) is 27.0 Å². The second-order valence-corrected chi connectivity index (χ2v) is 7.34. The number of hydrogen-bond acceptors (Lipinski definition) is 7. The predicted octanol–water partition coefficient (Wildman–Crippen LogP) is 1.49. The van der Waals surface area contributed by atoms with Gasteiger partial charge in [0.05, 0.1) is 5.75 Å². The maximum Gasteiger partial charge on any atom is 0.313 e. The lowest BCUT2D eigenvalue weighted by molar-refractivity contribution is -0.133. The van der Waals surface area contributed by atoms with Crippen LogP contribution in [0.5, 0.6) is 0 Å². The second kappa shape index (κ2) is 7.24. The van der Waals surface area contributed by atoms with Crippen LogP contribution >= 0.6 is 23.1 Å². The van der Waals surface area contributed by atoms with Crippen molar-refractivity contribution in [2.24, 2.45) is 5.92 Å². The van der Waals surface area contributed by atoms with Gasteiger partial charge in [-0.25, -0.2) is 0 Å². The molecule has 1 aromatic rings. The van der Waals surface area contributed by atoms with Gasteiger partial charge in [-0.2, -0.15) is 0 Å². The molecule has 2 heterocycles. The van der Waals surface area contributed by atoms with Crippen LogP contribution in [0, 0.1) is 5.92 Å². The third kappa shape index (κ3) is 4.60. The Labute approximate surface area is 127 Å². The van der Waals surface area contributed by atoms with E-state index in [0.29, 0.717) is 5.92 Å². The topological polar surface area (TPSA) is 69.6 Å². The summed E-state index contributed by atoms with van der Waals surface area (Å²) < 4.78 is 0.720. The van der Waals surface area contributed by atoms with Crippen molar-refractivity contribution in [3.63, 3.8) is 0 Å². The molecule has 0 unspecified atom stereocenters. The number of carboxylic acid groups (broad SMARTS) is 1. The summed E-state index contributed by atoms with van der Waals surface area (Å²) in [6.07, 6.45) is 2.44. The highest BCUT2D eigenvalue weighted by molar-refractivity contribution is 8.01. The minimum atomic E-state index is -0.827. The van der Waals surface area contributed by atoms with Crippen LogP contribution in [0.25, 0.3) is 0 Å². The van der Waals surface area contributed by atoms with Crippen LogP contribution in [0.4, 0.5) is 5.13 Å². The number of carboxylic acids is 1. The second-order valence-electron chi connectivity index (χ2n) is 5.16. The van der Waals surface area contributed by atoms with Crippen LogP contribution in [0.2, 0.25) is 0 Å². The maximum absolute atomic E-state index is 10.5. The molecule has 0 aliphatic carbocycles. The molecule has 1 saturated heterocycles. The molecule has 1 aromatic heterocycles. The molecule has 0 spiro atoms. The van der Waals surface area contributed by atoms with Gasteiger partial charge in [-0.3, -0.25) is 4.79 Å². The molecule has 0 aromatic carbocycles. The summed E-state index contributed by atoms with van der Waals surface area (Å²) in [6.45, 7) is 3.31. The molecule has 0 amide bonds. The summed E-state index contributed by atoms with van der Waals surface area (Å²) in [5.74, 6) is -0.0884. The molecular weight excluding hydrogens is 296 g/mol. The smallest absolute Gasteiger partial charge is 0.313 e. The zero-order valence-electron chi connectivity index (χ0n) is 11.8.